The van der Waals surface area contributed by atoms with Crippen molar-refractivity contribution in [3.8, 4) is 17.1 Å². The largest absolute Gasteiger partial charge is 0.309 e. The van der Waals surface area contributed by atoms with Gasteiger partial charge in [-0.2, -0.15) is 0 Å². The van der Waals surface area contributed by atoms with E-state index in [0.717, 1.165) is 61.1 Å². The van der Waals surface area contributed by atoms with Gasteiger partial charge < -0.3 is 13.7 Å². The van der Waals surface area contributed by atoms with Gasteiger partial charge in [-0.15, -0.1) is 0 Å². The second-order valence-electron chi connectivity index (χ2n) is 12.1. The molecular formula is C42H25F2N3. The van der Waals surface area contributed by atoms with Crippen molar-refractivity contribution in [1.29, 1.82) is 0 Å². The second-order valence-corrected chi connectivity index (χ2v) is 12.1. The van der Waals surface area contributed by atoms with Crippen LogP contribution in [-0.2, 0) is 0 Å². The summed E-state index contributed by atoms with van der Waals surface area (Å²) in [6, 6.07) is 50.3. The quantitative estimate of drug-likeness (QED) is 0.189. The van der Waals surface area contributed by atoms with E-state index in [4.69, 9.17) is 0 Å². The SMILES string of the molecule is Fc1cc(F)cc(-n2c3ccccc3c3c(-n4c5ccccc5c5cc(-n6c7ccccc7c7ccccc76)ccc54)cccc32)c1. The number of para-hydroxylation sites is 4. The second kappa shape index (κ2) is 9.65. The first kappa shape index (κ1) is 26.1. The number of halogens is 2. The number of benzene rings is 7. The maximum Gasteiger partial charge on any atom is 0.128 e. The Kier molecular flexibility index (Phi) is 5.35. The van der Waals surface area contributed by atoms with Gasteiger partial charge in [0.25, 0.3) is 0 Å². The first-order valence-corrected chi connectivity index (χ1v) is 15.7. The molecule has 3 aromatic heterocycles. The summed E-state index contributed by atoms with van der Waals surface area (Å²) in [5.74, 6) is -1.22. The summed E-state index contributed by atoms with van der Waals surface area (Å²) in [6.07, 6.45) is 0. The summed E-state index contributed by atoms with van der Waals surface area (Å²) >= 11 is 0. The first-order chi connectivity index (χ1) is 23.2. The predicted octanol–water partition coefficient (Wildman–Crippen LogP) is 11.3. The Morgan fingerprint density at radius 3 is 1.43 bits per heavy atom. The highest BCUT2D eigenvalue weighted by atomic mass is 19.1. The lowest BCUT2D eigenvalue weighted by molar-refractivity contribution is 0.582. The van der Waals surface area contributed by atoms with Crippen LogP contribution < -0.4 is 0 Å². The van der Waals surface area contributed by atoms with Crippen molar-refractivity contribution in [1.82, 2.24) is 13.7 Å². The fourth-order valence-corrected chi connectivity index (χ4v) is 7.69. The Morgan fingerprint density at radius 1 is 0.319 bits per heavy atom. The van der Waals surface area contributed by atoms with Crippen molar-refractivity contribution in [2.75, 3.05) is 0 Å². The lowest BCUT2D eigenvalue weighted by Gasteiger charge is -2.12. The molecule has 0 unspecified atom stereocenters. The molecule has 3 heterocycles. The van der Waals surface area contributed by atoms with Crippen LogP contribution in [0.2, 0.25) is 0 Å². The summed E-state index contributed by atoms with van der Waals surface area (Å²) in [5.41, 5.74) is 8.82. The third-order valence-corrected chi connectivity index (χ3v) is 9.52. The molecule has 7 aromatic carbocycles. The molecule has 5 heteroatoms. The molecule has 0 saturated carbocycles. The molecule has 0 aliphatic rings. The lowest BCUT2D eigenvalue weighted by atomic mass is 10.1. The van der Waals surface area contributed by atoms with Gasteiger partial charge in [-0.3, -0.25) is 0 Å². The van der Waals surface area contributed by atoms with E-state index in [-0.39, 0.29) is 0 Å². The van der Waals surface area contributed by atoms with E-state index >= 15 is 0 Å². The standard InChI is InChI=1S/C42H25F2N3/c43-26-22-27(44)24-29(23-26)46-38-17-8-4-13-33(38)42-40(46)18-9-19-41(42)47-37-16-7-3-12-32(37)34-25-28(20-21-39(34)47)45-35-14-5-1-10-30(35)31-11-2-6-15-36(31)45/h1-25H. The highest BCUT2D eigenvalue weighted by molar-refractivity contribution is 6.17. The number of rotatable bonds is 3. The molecule has 0 fully saturated rings. The van der Waals surface area contributed by atoms with E-state index < -0.39 is 11.6 Å². The van der Waals surface area contributed by atoms with Gasteiger partial charge in [0.1, 0.15) is 11.6 Å². The topological polar surface area (TPSA) is 14.8 Å². The van der Waals surface area contributed by atoms with E-state index in [1.54, 1.807) is 0 Å². The fraction of sp³-hybridized carbons (Fsp3) is 0. The molecule has 3 nitrogen and oxygen atoms in total. The Hall–Kier alpha value is -6.20. The Balaban J connectivity index is 1.29. The summed E-state index contributed by atoms with van der Waals surface area (Å²) in [6.45, 7) is 0. The van der Waals surface area contributed by atoms with Crippen LogP contribution in [0.15, 0.2) is 152 Å². The van der Waals surface area contributed by atoms with Crippen molar-refractivity contribution < 1.29 is 8.78 Å². The molecule has 0 spiro atoms. The predicted molar refractivity (Wildman–Crippen MR) is 189 cm³/mol. The van der Waals surface area contributed by atoms with E-state index in [0.29, 0.717) is 5.69 Å². The van der Waals surface area contributed by atoms with Crippen LogP contribution in [0.4, 0.5) is 8.78 Å². The molecule has 222 valence electrons. The van der Waals surface area contributed by atoms with Gasteiger partial charge in [0.15, 0.2) is 0 Å². The molecule has 0 saturated heterocycles. The molecular weight excluding hydrogens is 584 g/mol. The average molecular weight is 610 g/mol. The van der Waals surface area contributed by atoms with E-state index in [1.807, 2.05) is 34.9 Å². The van der Waals surface area contributed by atoms with Gasteiger partial charge in [-0.25, -0.2) is 8.78 Å². The highest BCUT2D eigenvalue weighted by Gasteiger charge is 2.21. The molecule has 0 atom stereocenters. The third-order valence-electron chi connectivity index (χ3n) is 9.52. The highest BCUT2D eigenvalue weighted by Crippen LogP contribution is 2.41. The van der Waals surface area contributed by atoms with Crippen molar-refractivity contribution in [3.05, 3.63) is 163 Å². The van der Waals surface area contributed by atoms with Crippen LogP contribution in [-0.4, -0.2) is 13.7 Å². The summed E-state index contributed by atoms with van der Waals surface area (Å²) in [4.78, 5) is 0. The van der Waals surface area contributed by atoms with Gasteiger partial charge in [0.05, 0.1) is 44.5 Å². The smallest absolute Gasteiger partial charge is 0.128 e. The van der Waals surface area contributed by atoms with Crippen LogP contribution in [0.1, 0.15) is 0 Å². The zero-order chi connectivity index (χ0) is 31.2. The fourth-order valence-electron chi connectivity index (χ4n) is 7.69. The number of hydrogen-bond acceptors (Lipinski definition) is 0. The molecule has 47 heavy (non-hydrogen) atoms. The van der Waals surface area contributed by atoms with Crippen molar-refractivity contribution in [2.24, 2.45) is 0 Å². The Labute approximate surface area is 267 Å². The van der Waals surface area contributed by atoms with Crippen LogP contribution in [0.5, 0.6) is 0 Å². The minimum absolute atomic E-state index is 0.448. The molecule has 0 radical (unpaired) electrons. The van der Waals surface area contributed by atoms with Crippen LogP contribution in [0.25, 0.3) is 82.5 Å². The summed E-state index contributed by atoms with van der Waals surface area (Å²) in [7, 11) is 0. The minimum Gasteiger partial charge on any atom is -0.309 e. The maximum atomic E-state index is 14.5. The average Bonchev–Trinajstić information content (AvgIpc) is 3.73. The molecule has 10 aromatic rings. The molecule has 10 rings (SSSR count). The number of fused-ring (bicyclic) bond motifs is 9. The molecule has 0 amide bonds. The van der Waals surface area contributed by atoms with Crippen molar-refractivity contribution in [3.63, 3.8) is 0 Å². The third kappa shape index (κ3) is 3.65. The molecule has 0 aliphatic heterocycles. The van der Waals surface area contributed by atoms with Gasteiger partial charge in [0.2, 0.25) is 0 Å². The Morgan fingerprint density at radius 2 is 0.787 bits per heavy atom. The van der Waals surface area contributed by atoms with Gasteiger partial charge in [0, 0.05) is 44.1 Å². The van der Waals surface area contributed by atoms with E-state index in [2.05, 4.69) is 112 Å². The number of aromatic nitrogens is 3. The van der Waals surface area contributed by atoms with E-state index in [1.165, 1.54) is 33.9 Å². The zero-order valence-electron chi connectivity index (χ0n) is 25.0. The maximum absolute atomic E-state index is 14.5. The van der Waals surface area contributed by atoms with Gasteiger partial charge in [-0.1, -0.05) is 78.9 Å². The van der Waals surface area contributed by atoms with E-state index in [9.17, 15) is 8.78 Å². The zero-order valence-corrected chi connectivity index (χ0v) is 25.0. The molecule has 0 aliphatic carbocycles. The number of hydrogen-bond donors (Lipinski definition) is 0. The van der Waals surface area contributed by atoms with Crippen molar-refractivity contribution in [2.45, 2.75) is 0 Å². The van der Waals surface area contributed by atoms with Gasteiger partial charge in [-0.05, 0) is 66.7 Å². The summed E-state index contributed by atoms with van der Waals surface area (Å²) in [5, 5.41) is 6.78. The summed E-state index contributed by atoms with van der Waals surface area (Å²) < 4.78 is 35.7. The lowest BCUT2D eigenvalue weighted by Crippen LogP contribution is -1.98. The molecule has 0 bridgehead atoms. The van der Waals surface area contributed by atoms with Crippen LogP contribution in [0, 0.1) is 11.6 Å². The molecule has 0 N–H and O–H groups in total. The van der Waals surface area contributed by atoms with Gasteiger partial charge >= 0.3 is 0 Å². The number of nitrogens with zero attached hydrogens (tertiary/aromatic N) is 3. The van der Waals surface area contributed by atoms with Crippen LogP contribution >= 0.6 is 0 Å². The van der Waals surface area contributed by atoms with Crippen LogP contribution in [0.3, 0.4) is 0 Å². The Bertz CT molecular complexity index is 2810. The van der Waals surface area contributed by atoms with Crippen molar-refractivity contribution >= 4 is 65.4 Å². The monoisotopic (exact) mass is 609 g/mol. The first-order valence-electron chi connectivity index (χ1n) is 15.7. The minimum atomic E-state index is -0.608. The normalized spacial score (nSPS) is 12.0.